The van der Waals surface area contributed by atoms with Gasteiger partial charge in [-0.2, -0.15) is 0 Å². The van der Waals surface area contributed by atoms with Crippen molar-refractivity contribution < 1.29 is 9.53 Å². The van der Waals surface area contributed by atoms with E-state index >= 15 is 0 Å². The van der Waals surface area contributed by atoms with Gasteiger partial charge in [-0.25, -0.2) is 4.98 Å². The molecule has 1 aromatic carbocycles. The number of nitrogens with zero attached hydrogens (tertiary/aromatic N) is 3. The number of ether oxygens (including phenoxy) is 1. The maximum atomic E-state index is 12.8. The average molecular weight is 482 g/mol. The number of carbonyl (C=O) groups excluding carboxylic acids is 1. The van der Waals surface area contributed by atoms with Gasteiger partial charge in [-0.1, -0.05) is 6.92 Å². The van der Waals surface area contributed by atoms with E-state index in [-0.39, 0.29) is 18.0 Å². The van der Waals surface area contributed by atoms with Gasteiger partial charge in [0.15, 0.2) is 0 Å². The maximum Gasteiger partial charge on any atom is 0.259 e. The number of hydrogen-bond donors (Lipinski definition) is 2. The summed E-state index contributed by atoms with van der Waals surface area (Å²) < 4.78 is 5.40. The summed E-state index contributed by atoms with van der Waals surface area (Å²) in [4.78, 5) is 39.3. The number of carbonyl (C=O) groups is 1. The highest BCUT2D eigenvalue weighted by molar-refractivity contribution is 7.18. The second-order valence-corrected chi connectivity index (χ2v) is 10.5. The minimum atomic E-state index is -0.106. The van der Waals surface area contributed by atoms with Crippen molar-refractivity contribution in [3.05, 3.63) is 50.9 Å². The summed E-state index contributed by atoms with van der Waals surface area (Å²) >= 11 is 1.65. The van der Waals surface area contributed by atoms with Crippen molar-refractivity contribution in [2.45, 2.75) is 32.7 Å². The Labute approximate surface area is 202 Å². The van der Waals surface area contributed by atoms with Gasteiger partial charge in [0.25, 0.3) is 5.56 Å². The second-order valence-electron chi connectivity index (χ2n) is 9.41. The van der Waals surface area contributed by atoms with Crippen LogP contribution in [0.15, 0.2) is 29.1 Å². The Bertz CT molecular complexity index is 1230. The summed E-state index contributed by atoms with van der Waals surface area (Å²) in [7, 11) is 1.85. The molecule has 0 saturated carbocycles. The Kier molecular flexibility index (Phi) is 6.67. The minimum Gasteiger partial charge on any atom is -0.378 e. The predicted octanol–water partition coefficient (Wildman–Crippen LogP) is 3.02. The van der Waals surface area contributed by atoms with Crippen LogP contribution in [0.25, 0.3) is 10.2 Å². The third-order valence-electron chi connectivity index (χ3n) is 6.57. The van der Waals surface area contributed by atoms with E-state index in [4.69, 9.17) is 9.72 Å². The van der Waals surface area contributed by atoms with Crippen LogP contribution in [-0.2, 0) is 28.9 Å². The molecule has 0 spiro atoms. The van der Waals surface area contributed by atoms with E-state index < -0.39 is 0 Å². The lowest BCUT2D eigenvalue weighted by molar-refractivity contribution is -0.117. The summed E-state index contributed by atoms with van der Waals surface area (Å²) in [5, 5.41) is 3.71. The first-order valence-electron chi connectivity index (χ1n) is 11.9. The van der Waals surface area contributed by atoms with Gasteiger partial charge in [0.1, 0.15) is 10.7 Å². The van der Waals surface area contributed by atoms with Gasteiger partial charge in [-0.15, -0.1) is 11.3 Å². The number of morpholine rings is 1. The van der Waals surface area contributed by atoms with Crippen LogP contribution in [0.3, 0.4) is 0 Å². The zero-order valence-electron chi connectivity index (χ0n) is 19.7. The van der Waals surface area contributed by atoms with Crippen LogP contribution >= 0.6 is 11.3 Å². The van der Waals surface area contributed by atoms with Crippen molar-refractivity contribution in [2.24, 2.45) is 5.92 Å². The SMILES string of the molecule is CC1CCc2c(sc3nc(CN(C)CC(=O)Nc4ccc(N5CCOCC5)cc4)[nH]c(=O)c23)C1. The van der Waals surface area contributed by atoms with Gasteiger partial charge in [0.05, 0.1) is 31.7 Å². The molecular formula is C25H31N5O3S. The topological polar surface area (TPSA) is 90.6 Å². The lowest BCUT2D eigenvalue weighted by atomic mass is 9.89. The molecule has 1 fully saturated rings. The predicted molar refractivity (Wildman–Crippen MR) is 136 cm³/mol. The van der Waals surface area contributed by atoms with E-state index in [0.29, 0.717) is 18.3 Å². The molecule has 1 aliphatic heterocycles. The molecule has 2 aromatic heterocycles. The molecule has 0 bridgehead atoms. The van der Waals surface area contributed by atoms with Gasteiger partial charge in [-0.3, -0.25) is 14.5 Å². The molecule has 1 unspecified atom stereocenters. The van der Waals surface area contributed by atoms with Gasteiger partial charge in [0.2, 0.25) is 5.91 Å². The highest BCUT2D eigenvalue weighted by Crippen LogP contribution is 2.35. The number of amides is 1. The zero-order valence-corrected chi connectivity index (χ0v) is 20.5. The second kappa shape index (κ2) is 9.85. The van der Waals surface area contributed by atoms with Crippen LogP contribution < -0.4 is 15.8 Å². The minimum absolute atomic E-state index is 0.0646. The fraction of sp³-hybridized carbons (Fsp3) is 0.480. The van der Waals surface area contributed by atoms with Crippen molar-refractivity contribution in [3.63, 3.8) is 0 Å². The summed E-state index contributed by atoms with van der Waals surface area (Å²) in [6, 6.07) is 7.90. The fourth-order valence-corrected chi connectivity index (χ4v) is 6.20. The Balaban J connectivity index is 1.19. The van der Waals surface area contributed by atoms with E-state index in [1.54, 1.807) is 11.3 Å². The number of anilines is 2. The van der Waals surface area contributed by atoms with Crippen LogP contribution in [0, 0.1) is 5.92 Å². The lowest BCUT2D eigenvalue weighted by Gasteiger charge is -2.28. The molecule has 180 valence electrons. The number of thiophene rings is 1. The number of likely N-dealkylation sites (N-methyl/N-ethyl adjacent to an activating group) is 1. The van der Waals surface area contributed by atoms with E-state index in [1.807, 2.05) is 36.2 Å². The monoisotopic (exact) mass is 481 g/mol. The number of hydrogen-bond acceptors (Lipinski definition) is 7. The fourth-order valence-electron chi connectivity index (χ4n) is 4.80. The summed E-state index contributed by atoms with van der Waals surface area (Å²) in [5.41, 5.74) is 3.02. The van der Waals surface area contributed by atoms with Crippen LogP contribution in [0.5, 0.6) is 0 Å². The largest absolute Gasteiger partial charge is 0.378 e. The lowest BCUT2D eigenvalue weighted by Crippen LogP contribution is -2.36. The molecule has 1 saturated heterocycles. The van der Waals surface area contributed by atoms with Crippen LogP contribution in [0.1, 0.15) is 29.6 Å². The number of aromatic nitrogens is 2. The molecular weight excluding hydrogens is 450 g/mol. The molecule has 9 heteroatoms. The van der Waals surface area contributed by atoms with Crippen LogP contribution in [-0.4, -0.2) is 60.7 Å². The first-order chi connectivity index (χ1) is 16.5. The molecule has 2 aliphatic rings. The third-order valence-corrected chi connectivity index (χ3v) is 7.72. The Morgan fingerprint density at radius 1 is 1.29 bits per heavy atom. The number of fused-ring (bicyclic) bond motifs is 3. The van der Waals surface area contributed by atoms with Crippen molar-refractivity contribution in [1.29, 1.82) is 0 Å². The van der Waals surface area contributed by atoms with Crippen molar-refractivity contribution in [3.8, 4) is 0 Å². The first kappa shape index (κ1) is 23.0. The third kappa shape index (κ3) is 5.01. The van der Waals surface area contributed by atoms with Gasteiger partial charge < -0.3 is 19.9 Å². The van der Waals surface area contributed by atoms with Crippen molar-refractivity contribution in [2.75, 3.05) is 50.1 Å². The zero-order chi connectivity index (χ0) is 23.7. The van der Waals surface area contributed by atoms with E-state index in [0.717, 1.165) is 67.2 Å². The summed E-state index contributed by atoms with van der Waals surface area (Å²) in [5.74, 6) is 1.14. The quantitative estimate of drug-likeness (QED) is 0.563. The van der Waals surface area contributed by atoms with Gasteiger partial charge in [-0.05, 0) is 62.1 Å². The molecule has 2 N–H and O–H groups in total. The molecule has 8 nitrogen and oxygen atoms in total. The Morgan fingerprint density at radius 3 is 2.82 bits per heavy atom. The standard InChI is InChI=1S/C25H31N5O3S/c1-16-3-8-19-20(13-16)34-25-23(19)24(32)27-21(28-25)14-29(2)15-22(31)26-17-4-6-18(7-5-17)30-9-11-33-12-10-30/h4-7,16H,3,8-15H2,1-2H3,(H,26,31)(H,27,28,32). The highest BCUT2D eigenvalue weighted by atomic mass is 32.1. The maximum absolute atomic E-state index is 12.8. The number of aryl methyl sites for hydroxylation is 1. The molecule has 1 aliphatic carbocycles. The van der Waals surface area contributed by atoms with Crippen molar-refractivity contribution >= 4 is 38.8 Å². The molecule has 5 rings (SSSR count). The van der Waals surface area contributed by atoms with Crippen LogP contribution in [0.2, 0.25) is 0 Å². The van der Waals surface area contributed by atoms with Gasteiger partial charge >= 0.3 is 0 Å². The molecule has 34 heavy (non-hydrogen) atoms. The smallest absolute Gasteiger partial charge is 0.259 e. The van der Waals surface area contributed by atoms with E-state index in [9.17, 15) is 9.59 Å². The number of rotatable bonds is 6. The normalized spacial score (nSPS) is 18.3. The molecule has 3 aromatic rings. The Hall–Kier alpha value is -2.75. The molecule has 1 atom stereocenters. The number of benzene rings is 1. The summed E-state index contributed by atoms with van der Waals surface area (Å²) in [6.07, 6.45) is 3.10. The summed E-state index contributed by atoms with van der Waals surface area (Å²) in [6.45, 7) is 6.10. The number of H-pyrrole nitrogens is 1. The van der Waals surface area contributed by atoms with E-state index in [2.05, 4.69) is 22.1 Å². The molecule has 3 heterocycles. The van der Waals surface area contributed by atoms with E-state index in [1.165, 1.54) is 10.4 Å². The van der Waals surface area contributed by atoms with Crippen LogP contribution in [0.4, 0.5) is 11.4 Å². The average Bonchev–Trinajstić information content (AvgIpc) is 3.17. The highest BCUT2D eigenvalue weighted by Gasteiger charge is 2.23. The van der Waals surface area contributed by atoms with Crippen molar-refractivity contribution in [1.82, 2.24) is 14.9 Å². The number of aromatic amines is 1. The number of nitrogens with one attached hydrogen (secondary N) is 2. The molecule has 0 radical (unpaired) electrons. The molecule has 1 amide bonds. The first-order valence-corrected chi connectivity index (χ1v) is 12.7. The Morgan fingerprint density at radius 2 is 2.06 bits per heavy atom. The van der Waals surface area contributed by atoms with Gasteiger partial charge in [0, 0.05) is 29.3 Å².